The summed E-state index contributed by atoms with van der Waals surface area (Å²) in [7, 11) is -1.20. The molecule has 0 bridgehead atoms. The van der Waals surface area contributed by atoms with Gasteiger partial charge in [-0.1, -0.05) is 173 Å². The van der Waals surface area contributed by atoms with Gasteiger partial charge in [-0.2, -0.15) is 15.3 Å². The zero-order valence-corrected chi connectivity index (χ0v) is 69.1. The van der Waals surface area contributed by atoms with E-state index in [0.29, 0.717) is 52.1 Å². The van der Waals surface area contributed by atoms with Gasteiger partial charge in [-0.05, 0) is 151 Å². The number of nitrogens with zero attached hydrogens (tertiary/aromatic N) is 8. The van der Waals surface area contributed by atoms with Gasteiger partial charge in [0.05, 0.1) is 30.5 Å². The largest absolute Gasteiger partial charge is 0.461 e. The SMILES string of the molecule is CC(C)OC(=O)[C@@](N)(CC(C)(C)C)c1ccc(-c2ncn(C3CC3)n2)cc1.CC(C)OC(=O)[C@@](N)(CC(C)(C)C)c1ccc(-c2ncn[nH]2)cc1F.CC(C)OC(=O)[C@@](N)(CC(C)(C)C)c1ccc(-c2ncnn2COCC[Si](C)(C)C)cc1F.CC(C)OC(=O)[C@@](N)(CC(C)(C)C)c1ccc(Br)cc1F. The van der Waals surface area contributed by atoms with Crippen LogP contribution in [0, 0.1) is 39.1 Å². The highest BCUT2D eigenvalue weighted by atomic mass is 79.9. The van der Waals surface area contributed by atoms with E-state index in [1.54, 1.807) is 76.8 Å². The van der Waals surface area contributed by atoms with Crippen LogP contribution in [0.3, 0.4) is 0 Å². The lowest BCUT2D eigenvalue weighted by Crippen LogP contribution is -2.50. The molecule has 0 radical (unpaired) electrons. The summed E-state index contributed by atoms with van der Waals surface area (Å²) in [4.78, 5) is 63.6. The smallest absolute Gasteiger partial charge is 0.331 e. The number of carbonyl (C=O) groups excluding carboxylic acids is 4. The number of hydrogen-bond acceptors (Lipinski definition) is 19. The van der Waals surface area contributed by atoms with E-state index in [0.717, 1.165) is 17.2 Å². The fourth-order valence-electron chi connectivity index (χ4n) is 11.9. The van der Waals surface area contributed by atoms with Crippen LogP contribution in [0.2, 0.25) is 25.7 Å². The van der Waals surface area contributed by atoms with Gasteiger partial charge in [0.25, 0.3) is 0 Å². The minimum Gasteiger partial charge on any atom is -0.461 e. The number of benzene rings is 4. The first-order valence-corrected chi connectivity index (χ1v) is 40.6. The zero-order chi connectivity index (χ0) is 80.1. The summed E-state index contributed by atoms with van der Waals surface area (Å²) in [6.45, 7) is 45.6. The van der Waals surface area contributed by atoms with E-state index in [-0.39, 0.29) is 88.8 Å². The van der Waals surface area contributed by atoms with E-state index in [2.05, 4.69) is 91.7 Å². The first-order chi connectivity index (χ1) is 48.7. The van der Waals surface area contributed by atoms with Gasteiger partial charge in [-0.25, -0.2) is 56.7 Å². The lowest BCUT2D eigenvalue weighted by Gasteiger charge is -2.34. The van der Waals surface area contributed by atoms with Gasteiger partial charge in [-0.15, -0.1) is 0 Å². The van der Waals surface area contributed by atoms with E-state index in [1.807, 2.05) is 105 Å². The lowest BCUT2D eigenvalue weighted by molar-refractivity contribution is -0.156. The van der Waals surface area contributed by atoms with Crippen LogP contribution in [0.25, 0.3) is 34.2 Å². The monoisotopic (exact) mass is 1560 g/mol. The van der Waals surface area contributed by atoms with Crippen LogP contribution in [0.5, 0.6) is 0 Å². The van der Waals surface area contributed by atoms with E-state index >= 15 is 4.39 Å². The van der Waals surface area contributed by atoms with Crippen molar-refractivity contribution in [1.29, 1.82) is 0 Å². The fourth-order valence-corrected chi connectivity index (χ4v) is 13.0. The average Bonchev–Trinajstić information content (AvgIpc) is 1.17. The van der Waals surface area contributed by atoms with Gasteiger partial charge in [0.2, 0.25) is 0 Å². The van der Waals surface area contributed by atoms with Crippen LogP contribution in [0.4, 0.5) is 13.2 Å². The number of aromatic nitrogens is 9. The molecule has 3 heterocycles. The second-order valence-electron chi connectivity index (χ2n) is 34.8. The summed E-state index contributed by atoms with van der Waals surface area (Å²) in [5.41, 5.74) is 22.1. The molecule has 0 spiro atoms. The third-order valence-electron chi connectivity index (χ3n) is 16.2. The van der Waals surface area contributed by atoms with Crippen LogP contribution in [0.1, 0.15) is 205 Å². The second kappa shape index (κ2) is 36.1. The van der Waals surface area contributed by atoms with Crippen molar-refractivity contribution in [2.24, 2.45) is 44.6 Å². The maximum absolute atomic E-state index is 15.4. The van der Waals surface area contributed by atoms with Gasteiger partial charge in [0.15, 0.2) is 17.5 Å². The topological polar surface area (TPSA) is 322 Å². The minimum absolute atomic E-state index is 0.101. The molecule has 9 N–H and O–H groups in total. The molecule has 1 fully saturated rings. The van der Waals surface area contributed by atoms with E-state index in [4.69, 9.17) is 46.6 Å². The van der Waals surface area contributed by atoms with E-state index in [9.17, 15) is 28.0 Å². The molecule has 106 heavy (non-hydrogen) atoms. The number of H-pyrrole nitrogens is 1. The van der Waals surface area contributed by atoms with Crippen molar-refractivity contribution < 1.29 is 56.0 Å². The Hall–Kier alpha value is -7.53. The molecule has 0 amide bonds. The molecule has 7 aromatic rings. The Morgan fingerprint density at radius 3 is 1.32 bits per heavy atom. The van der Waals surface area contributed by atoms with E-state index < -0.39 is 71.6 Å². The highest BCUT2D eigenvalue weighted by molar-refractivity contribution is 9.10. The Kier molecular flexibility index (Phi) is 30.4. The Labute approximate surface area is 634 Å². The third kappa shape index (κ3) is 26.4. The van der Waals surface area contributed by atoms with Crippen molar-refractivity contribution in [3.05, 3.63) is 142 Å². The van der Waals surface area contributed by atoms with Crippen LogP contribution in [0.15, 0.2) is 102 Å². The molecule has 3 aromatic heterocycles. The molecular weight excluding hydrogens is 1440 g/mol. The van der Waals surface area contributed by atoms with Crippen molar-refractivity contribution in [3.8, 4) is 34.2 Å². The summed E-state index contributed by atoms with van der Waals surface area (Å²) in [6, 6.07) is 22.7. The number of ether oxygens (including phenoxy) is 5. The molecule has 0 aliphatic heterocycles. The van der Waals surface area contributed by atoms with Crippen LogP contribution in [-0.4, -0.2) is 108 Å². The molecule has 0 unspecified atom stereocenters. The molecule has 22 nitrogen and oxygen atoms in total. The van der Waals surface area contributed by atoms with Gasteiger partial charge in [0.1, 0.15) is 65.3 Å². The van der Waals surface area contributed by atoms with Crippen LogP contribution < -0.4 is 22.9 Å². The summed E-state index contributed by atoms with van der Waals surface area (Å²) >= 11 is 3.20. The van der Waals surface area contributed by atoms with Crippen LogP contribution in [-0.2, 0) is 71.7 Å². The number of aromatic amines is 1. The predicted molar refractivity (Wildman–Crippen MR) is 414 cm³/mol. The van der Waals surface area contributed by atoms with Crippen molar-refractivity contribution in [2.45, 2.75) is 262 Å². The Bertz CT molecular complexity index is 4040. The quantitative estimate of drug-likeness (QED) is 0.0154. The molecule has 584 valence electrons. The number of nitrogens with two attached hydrogens (primary N) is 4. The normalized spacial score (nSPS) is 15.2. The van der Waals surface area contributed by atoms with Crippen molar-refractivity contribution in [3.63, 3.8) is 0 Å². The van der Waals surface area contributed by atoms with Gasteiger partial charge >= 0.3 is 23.9 Å². The Balaban J connectivity index is 0.000000257. The highest BCUT2D eigenvalue weighted by Crippen LogP contribution is 2.42. The Morgan fingerprint density at radius 2 is 0.934 bits per heavy atom. The van der Waals surface area contributed by atoms with Gasteiger partial charge in [-0.3, -0.25) is 5.10 Å². The first-order valence-electron chi connectivity index (χ1n) is 36.1. The van der Waals surface area contributed by atoms with Gasteiger partial charge < -0.3 is 46.6 Å². The van der Waals surface area contributed by atoms with Crippen molar-refractivity contribution in [2.75, 3.05) is 6.61 Å². The molecule has 1 saturated carbocycles. The standard InChI is InChI=1S/C24H39FN4O3Si.C21H30N4O2.C18H25FN4O2.C16H23BrFNO2/c1-17(2)32-22(30)24(26,14-23(3,4)5)19-10-9-18(13-20(19)25)21-27-15-28-29(21)16-31-11-12-33(6,7)8;1-14(2)27-19(26)21(22,12-20(3,4)5)16-8-6-15(7-9-16)18-23-13-25(24-18)17-10-11-17;1-11(2)25-16(24)18(20,9-17(3,4)5)13-7-6-12(8-14(13)19)15-21-10-22-23-15;1-10(2)21-14(20)16(19,9-15(3,4)5)12-7-6-11(17)8-13(12)18/h9-10,13,15,17H,11-12,14,16,26H2,1-8H3;6-9,13-14,17H,10-12,22H2,1-5H3;6-8,10-11H,9,20H2,1-5H3,(H,21,22,23);6-8,10H,9,19H2,1-5H3/t24-;21-;18-;16-/m1111/s1. The second-order valence-corrected chi connectivity index (χ2v) is 41.3. The number of nitrogens with one attached hydrogen (secondary N) is 1. The highest BCUT2D eigenvalue weighted by Gasteiger charge is 2.47. The molecular formula is C79H117BrF3N13O9Si. The molecule has 27 heteroatoms. The number of rotatable bonds is 25. The molecule has 8 rings (SSSR count). The minimum atomic E-state index is -1.61. The van der Waals surface area contributed by atoms with Crippen LogP contribution >= 0.6 is 15.9 Å². The molecule has 1 aliphatic rings. The summed E-state index contributed by atoms with van der Waals surface area (Å²) in [5.74, 6) is -2.35. The molecule has 4 atom stereocenters. The van der Waals surface area contributed by atoms with Crippen molar-refractivity contribution >= 4 is 47.9 Å². The summed E-state index contributed by atoms with van der Waals surface area (Å²) < 4.78 is 75.9. The van der Waals surface area contributed by atoms with E-state index in [1.165, 1.54) is 55.8 Å². The lowest BCUT2D eigenvalue weighted by atomic mass is 9.76. The maximum atomic E-state index is 15.4. The number of hydrogen-bond donors (Lipinski definition) is 5. The molecule has 4 aromatic carbocycles. The summed E-state index contributed by atoms with van der Waals surface area (Å²) in [6.07, 6.45) is 6.89. The predicted octanol–water partition coefficient (Wildman–Crippen LogP) is 16.0. The Morgan fingerprint density at radius 1 is 0.538 bits per heavy atom. The number of halogens is 4. The number of carbonyl (C=O) groups is 4. The van der Waals surface area contributed by atoms with Gasteiger partial charge in [0, 0.05) is 52.5 Å². The molecule has 0 saturated heterocycles. The zero-order valence-electron chi connectivity index (χ0n) is 66.6. The fraction of sp³-hybridized carbons (Fsp3) is 0.570. The molecule has 1 aliphatic carbocycles. The summed E-state index contributed by atoms with van der Waals surface area (Å²) in [5, 5.41) is 15.2. The van der Waals surface area contributed by atoms with Crippen molar-refractivity contribution in [1.82, 2.24) is 44.7 Å². The number of esters is 4. The third-order valence-corrected chi connectivity index (χ3v) is 18.4. The first kappa shape index (κ1) is 89.1. The maximum Gasteiger partial charge on any atom is 0.331 e. The average molecular weight is 1560 g/mol.